The van der Waals surface area contributed by atoms with Gasteiger partial charge in [-0.25, -0.2) is 0 Å². The molecule has 2 saturated heterocycles. The first kappa shape index (κ1) is 22.4. The smallest absolute Gasteiger partial charge is 0.262 e. The van der Waals surface area contributed by atoms with Crippen LogP contribution in [-0.4, -0.2) is 92.7 Å². The monoisotopic (exact) mass is 444 g/mol. The van der Waals surface area contributed by atoms with Gasteiger partial charge in [-0.1, -0.05) is 0 Å². The van der Waals surface area contributed by atoms with E-state index in [0.717, 1.165) is 49.7 Å². The maximum absolute atomic E-state index is 13.0. The predicted octanol–water partition coefficient (Wildman–Crippen LogP) is 0.219. The van der Waals surface area contributed by atoms with Crippen LogP contribution < -0.4 is 10.2 Å². The first-order valence-corrected chi connectivity index (χ1v) is 10.8. The lowest BCUT2D eigenvalue weighted by atomic mass is 10.0. The zero-order valence-corrected chi connectivity index (χ0v) is 18.3. The van der Waals surface area contributed by atoms with Crippen LogP contribution in [0.5, 0.6) is 0 Å². The normalized spacial score (nSPS) is 22.0. The van der Waals surface area contributed by atoms with Gasteiger partial charge in [-0.2, -0.15) is 0 Å². The second-order valence-electron chi connectivity index (χ2n) is 8.20. The van der Waals surface area contributed by atoms with Crippen LogP contribution >= 0.6 is 0 Å². The van der Waals surface area contributed by atoms with Gasteiger partial charge in [0.1, 0.15) is 6.04 Å². The van der Waals surface area contributed by atoms with Crippen molar-refractivity contribution < 1.29 is 28.7 Å². The number of benzene rings is 1. The number of piperidine rings is 1. The Morgan fingerprint density at radius 3 is 2.34 bits per heavy atom. The first-order valence-electron chi connectivity index (χ1n) is 10.8. The first-order chi connectivity index (χ1) is 15.4. The lowest BCUT2D eigenvalue weighted by Crippen LogP contribution is -2.54. The summed E-state index contributed by atoms with van der Waals surface area (Å²) in [5.74, 6) is -1.95. The van der Waals surface area contributed by atoms with E-state index in [0.29, 0.717) is 11.1 Å². The number of carbonyl (C=O) groups excluding carboxylic acids is 4. The molecule has 1 atom stereocenters. The Labute approximate surface area is 186 Å². The van der Waals surface area contributed by atoms with Crippen molar-refractivity contribution in [3.05, 3.63) is 29.3 Å². The topological polar surface area (TPSA) is 108 Å². The van der Waals surface area contributed by atoms with E-state index in [4.69, 9.17) is 9.47 Å². The minimum Gasteiger partial charge on any atom is -0.369 e. The van der Waals surface area contributed by atoms with Crippen LogP contribution in [0.3, 0.4) is 0 Å². The summed E-state index contributed by atoms with van der Waals surface area (Å²) in [7, 11) is 3.26. The van der Waals surface area contributed by atoms with Crippen LogP contribution in [0.4, 0.5) is 5.69 Å². The average Bonchev–Trinajstić information content (AvgIpc) is 3.05. The fourth-order valence-corrected chi connectivity index (χ4v) is 4.51. The van der Waals surface area contributed by atoms with Crippen LogP contribution in [0.1, 0.15) is 40.0 Å². The van der Waals surface area contributed by atoms with E-state index in [2.05, 4.69) is 15.1 Å². The van der Waals surface area contributed by atoms with Gasteiger partial charge >= 0.3 is 0 Å². The molecule has 1 aromatic rings. The zero-order chi connectivity index (χ0) is 22.8. The largest absolute Gasteiger partial charge is 0.369 e. The average molecular weight is 444 g/mol. The minimum absolute atomic E-state index is 0.106. The quantitative estimate of drug-likeness (QED) is 0.470. The van der Waals surface area contributed by atoms with E-state index in [1.54, 1.807) is 26.4 Å². The second kappa shape index (κ2) is 9.35. The highest BCUT2D eigenvalue weighted by atomic mass is 16.7. The molecule has 0 aromatic heterocycles. The van der Waals surface area contributed by atoms with E-state index in [1.165, 1.54) is 0 Å². The van der Waals surface area contributed by atoms with Gasteiger partial charge in [0.05, 0.1) is 11.1 Å². The third-order valence-electron chi connectivity index (χ3n) is 6.37. The maximum atomic E-state index is 13.0. The van der Waals surface area contributed by atoms with Gasteiger partial charge in [0.2, 0.25) is 11.8 Å². The molecule has 10 nitrogen and oxygen atoms in total. The molecule has 1 aromatic carbocycles. The molecule has 2 fully saturated rings. The number of hydrogen-bond acceptors (Lipinski definition) is 8. The van der Waals surface area contributed by atoms with Gasteiger partial charge in [0.25, 0.3) is 11.8 Å². The number of ether oxygens (including phenoxy) is 2. The Morgan fingerprint density at radius 1 is 1.00 bits per heavy atom. The summed E-state index contributed by atoms with van der Waals surface area (Å²) >= 11 is 0. The van der Waals surface area contributed by atoms with E-state index >= 15 is 0 Å². The highest BCUT2D eigenvalue weighted by Crippen LogP contribution is 2.31. The number of anilines is 1. The van der Waals surface area contributed by atoms with Crippen LogP contribution in [0, 0.1) is 0 Å². The van der Waals surface area contributed by atoms with Crippen molar-refractivity contribution in [3.63, 3.8) is 0 Å². The molecule has 1 N–H and O–H groups in total. The molecule has 0 saturated carbocycles. The van der Waals surface area contributed by atoms with Gasteiger partial charge < -0.3 is 14.4 Å². The molecule has 1 unspecified atom stereocenters. The zero-order valence-electron chi connectivity index (χ0n) is 18.3. The molecule has 0 spiro atoms. The number of rotatable bonds is 7. The summed E-state index contributed by atoms with van der Waals surface area (Å²) in [6.07, 6.45) is 0.839. The minimum atomic E-state index is -0.949. The van der Waals surface area contributed by atoms with Crippen molar-refractivity contribution >= 4 is 29.3 Å². The van der Waals surface area contributed by atoms with E-state index in [1.807, 2.05) is 6.07 Å². The number of methoxy groups -OCH3 is 2. The molecular formula is C22H28N4O6. The summed E-state index contributed by atoms with van der Waals surface area (Å²) in [6, 6.07) is 4.29. The fourth-order valence-electron chi connectivity index (χ4n) is 4.51. The standard InChI is InChI=1S/C22H28N4O6/c1-31-19(32-2)7-8-24-9-11-25(12-10-24)14-3-4-15-16(13-14)22(30)26(21(15)29)17-5-6-18(27)23-20(17)28/h3-4,13,17,19H,5-12H2,1-2H3,(H,23,27,28). The maximum Gasteiger partial charge on any atom is 0.262 e. The number of hydrogen-bond donors (Lipinski definition) is 1. The molecule has 3 heterocycles. The Hall–Kier alpha value is -2.82. The summed E-state index contributed by atoms with van der Waals surface area (Å²) < 4.78 is 10.5. The highest BCUT2D eigenvalue weighted by Gasteiger charge is 2.44. The summed E-state index contributed by atoms with van der Waals surface area (Å²) in [4.78, 5) is 55.0. The van der Waals surface area contributed by atoms with Gasteiger partial charge in [-0.3, -0.25) is 34.3 Å². The van der Waals surface area contributed by atoms with Crippen LogP contribution in [0.15, 0.2) is 18.2 Å². The van der Waals surface area contributed by atoms with Crippen molar-refractivity contribution in [2.45, 2.75) is 31.6 Å². The van der Waals surface area contributed by atoms with Crippen molar-refractivity contribution in [3.8, 4) is 0 Å². The molecule has 0 aliphatic carbocycles. The Balaban J connectivity index is 1.41. The third kappa shape index (κ3) is 4.25. The molecule has 3 aliphatic heterocycles. The van der Waals surface area contributed by atoms with Crippen molar-refractivity contribution in [2.24, 2.45) is 0 Å². The van der Waals surface area contributed by atoms with Gasteiger partial charge in [0, 0.05) is 65.5 Å². The Kier molecular flexibility index (Phi) is 6.54. The molecule has 3 aliphatic rings. The second-order valence-corrected chi connectivity index (χ2v) is 8.20. The molecular weight excluding hydrogens is 416 g/mol. The van der Waals surface area contributed by atoms with Crippen molar-refractivity contribution in [1.29, 1.82) is 0 Å². The summed E-state index contributed by atoms with van der Waals surface area (Å²) in [5, 5.41) is 2.21. The predicted molar refractivity (Wildman–Crippen MR) is 114 cm³/mol. The molecule has 4 rings (SSSR count). The molecule has 10 heteroatoms. The number of fused-ring (bicyclic) bond motifs is 1. The SMILES string of the molecule is COC(CCN1CCN(c2ccc3c(c2)C(=O)N(C2CCC(=O)NC2=O)C3=O)CC1)OC. The number of imide groups is 2. The molecule has 0 bridgehead atoms. The van der Waals surface area contributed by atoms with Gasteiger partial charge in [0.15, 0.2) is 6.29 Å². The molecule has 172 valence electrons. The van der Waals surface area contributed by atoms with Crippen LogP contribution in [0.2, 0.25) is 0 Å². The number of amides is 4. The molecule has 0 radical (unpaired) electrons. The summed E-state index contributed by atoms with van der Waals surface area (Å²) in [6.45, 7) is 4.20. The molecule has 32 heavy (non-hydrogen) atoms. The van der Waals surface area contributed by atoms with Gasteiger partial charge in [-0.15, -0.1) is 0 Å². The third-order valence-corrected chi connectivity index (χ3v) is 6.37. The van der Waals surface area contributed by atoms with Gasteiger partial charge in [-0.05, 0) is 24.6 Å². The number of nitrogens with zero attached hydrogens (tertiary/aromatic N) is 3. The fraction of sp³-hybridized carbons (Fsp3) is 0.545. The number of carbonyl (C=O) groups is 4. The lowest BCUT2D eigenvalue weighted by Gasteiger charge is -2.36. The van der Waals surface area contributed by atoms with E-state index in [-0.39, 0.29) is 25.0 Å². The Bertz CT molecular complexity index is 923. The highest BCUT2D eigenvalue weighted by molar-refractivity contribution is 6.23. The van der Waals surface area contributed by atoms with Crippen LogP contribution in [-0.2, 0) is 19.1 Å². The molecule has 4 amide bonds. The lowest BCUT2D eigenvalue weighted by molar-refractivity contribution is -0.136. The van der Waals surface area contributed by atoms with Crippen LogP contribution in [0.25, 0.3) is 0 Å². The number of piperazine rings is 1. The van der Waals surface area contributed by atoms with E-state index in [9.17, 15) is 19.2 Å². The van der Waals surface area contributed by atoms with E-state index < -0.39 is 23.8 Å². The van der Waals surface area contributed by atoms with Crippen molar-refractivity contribution in [1.82, 2.24) is 15.1 Å². The summed E-state index contributed by atoms with van der Waals surface area (Å²) in [5.41, 5.74) is 1.48. The Morgan fingerprint density at radius 2 is 1.69 bits per heavy atom. The number of nitrogens with one attached hydrogen (secondary N) is 1. The van der Waals surface area contributed by atoms with Crippen molar-refractivity contribution in [2.75, 3.05) is 51.8 Å².